The summed E-state index contributed by atoms with van der Waals surface area (Å²) in [6.07, 6.45) is 3.80. The number of halogens is 2. The van der Waals surface area contributed by atoms with Gasteiger partial charge in [0.15, 0.2) is 0 Å². The first kappa shape index (κ1) is 12.3. The van der Waals surface area contributed by atoms with E-state index >= 15 is 0 Å². The third kappa shape index (κ3) is 2.75. The molecule has 2 nitrogen and oxygen atoms in total. The number of furan rings is 1. The van der Waals surface area contributed by atoms with E-state index in [9.17, 15) is 8.78 Å². The second-order valence-electron chi connectivity index (χ2n) is 4.85. The van der Waals surface area contributed by atoms with Crippen LogP contribution in [0.4, 0.5) is 8.78 Å². The average molecular weight is 241 g/mol. The third-order valence-electron chi connectivity index (χ3n) is 3.56. The van der Waals surface area contributed by atoms with Crippen molar-refractivity contribution in [3.63, 3.8) is 0 Å². The van der Waals surface area contributed by atoms with Crippen LogP contribution in [0.1, 0.15) is 38.4 Å². The van der Waals surface area contributed by atoms with E-state index in [-0.39, 0.29) is 12.8 Å². The van der Waals surface area contributed by atoms with Crippen LogP contribution < -0.4 is 5.73 Å². The van der Waals surface area contributed by atoms with E-state index in [1.807, 2.05) is 19.1 Å². The summed E-state index contributed by atoms with van der Waals surface area (Å²) >= 11 is 0. The standard InChI is InChI=1S/C13H17F2NO/c1-10(9-11-3-2-8-17-11)12(16)4-6-13(14,15)7-5-12/h2-3,8-9H,4-7,16H2,1H3/b10-9+. The highest BCUT2D eigenvalue weighted by Gasteiger charge is 2.41. The smallest absolute Gasteiger partial charge is 0.248 e. The van der Waals surface area contributed by atoms with Gasteiger partial charge in [0.1, 0.15) is 5.76 Å². The molecular formula is C13H17F2NO. The van der Waals surface area contributed by atoms with E-state index < -0.39 is 11.5 Å². The molecule has 1 heterocycles. The molecule has 17 heavy (non-hydrogen) atoms. The van der Waals surface area contributed by atoms with Gasteiger partial charge < -0.3 is 10.2 Å². The number of rotatable bonds is 2. The minimum atomic E-state index is -2.55. The van der Waals surface area contributed by atoms with Crippen LogP contribution in [-0.4, -0.2) is 11.5 Å². The Bertz CT molecular complexity index is 399. The molecule has 0 bridgehead atoms. The zero-order chi connectivity index (χ0) is 12.5. The van der Waals surface area contributed by atoms with Gasteiger partial charge in [-0.1, -0.05) is 0 Å². The highest BCUT2D eigenvalue weighted by Crippen LogP contribution is 2.40. The fourth-order valence-electron chi connectivity index (χ4n) is 2.19. The molecule has 2 rings (SSSR count). The van der Waals surface area contributed by atoms with E-state index in [2.05, 4.69) is 0 Å². The Morgan fingerprint density at radius 3 is 2.53 bits per heavy atom. The van der Waals surface area contributed by atoms with Gasteiger partial charge in [-0.15, -0.1) is 0 Å². The van der Waals surface area contributed by atoms with Gasteiger partial charge >= 0.3 is 0 Å². The summed E-state index contributed by atoms with van der Waals surface area (Å²) in [5.41, 5.74) is 6.49. The van der Waals surface area contributed by atoms with Crippen molar-refractivity contribution in [3.8, 4) is 0 Å². The summed E-state index contributed by atoms with van der Waals surface area (Å²) in [6.45, 7) is 1.88. The molecule has 0 aromatic carbocycles. The molecule has 1 aromatic rings. The van der Waals surface area contributed by atoms with Crippen molar-refractivity contribution in [2.45, 2.75) is 44.1 Å². The molecule has 0 amide bonds. The number of hydrogen-bond acceptors (Lipinski definition) is 2. The van der Waals surface area contributed by atoms with Crippen LogP contribution in [0.15, 0.2) is 28.4 Å². The van der Waals surface area contributed by atoms with Crippen LogP contribution in [0.3, 0.4) is 0 Å². The molecule has 1 saturated carbocycles. The molecule has 4 heteroatoms. The molecule has 0 atom stereocenters. The topological polar surface area (TPSA) is 39.2 Å². The SMILES string of the molecule is C/C(=C\c1ccco1)C1(N)CCC(F)(F)CC1. The van der Waals surface area contributed by atoms with E-state index in [4.69, 9.17) is 10.2 Å². The van der Waals surface area contributed by atoms with Crippen LogP contribution in [-0.2, 0) is 0 Å². The van der Waals surface area contributed by atoms with Gasteiger partial charge in [0.2, 0.25) is 5.92 Å². The maximum Gasteiger partial charge on any atom is 0.248 e. The van der Waals surface area contributed by atoms with Crippen molar-refractivity contribution in [3.05, 3.63) is 29.7 Å². The largest absolute Gasteiger partial charge is 0.465 e. The van der Waals surface area contributed by atoms with Gasteiger partial charge in [0, 0.05) is 18.4 Å². The molecule has 1 aliphatic carbocycles. The molecule has 0 saturated heterocycles. The molecule has 0 unspecified atom stereocenters. The van der Waals surface area contributed by atoms with Gasteiger partial charge in [-0.3, -0.25) is 0 Å². The first-order valence-electron chi connectivity index (χ1n) is 5.80. The predicted octanol–water partition coefficient (Wildman–Crippen LogP) is 3.59. The zero-order valence-electron chi connectivity index (χ0n) is 9.88. The second-order valence-corrected chi connectivity index (χ2v) is 4.85. The Labute approximate surface area is 99.5 Å². The van der Waals surface area contributed by atoms with E-state index in [0.717, 1.165) is 5.57 Å². The maximum absolute atomic E-state index is 13.1. The van der Waals surface area contributed by atoms with Gasteiger partial charge in [-0.25, -0.2) is 8.78 Å². The van der Waals surface area contributed by atoms with Gasteiger partial charge in [0.25, 0.3) is 0 Å². The molecule has 1 aromatic heterocycles. The van der Waals surface area contributed by atoms with Crippen molar-refractivity contribution < 1.29 is 13.2 Å². The summed E-state index contributed by atoms with van der Waals surface area (Å²) < 4.78 is 31.4. The Morgan fingerprint density at radius 1 is 1.35 bits per heavy atom. The van der Waals surface area contributed by atoms with Crippen LogP contribution in [0.25, 0.3) is 6.08 Å². The van der Waals surface area contributed by atoms with Crippen molar-refractivity contribution in [2.75, 3.05) is 0 Å². The Morgan fingerprint density at radius 2 is 2.00 bits per heavy atom. The maximum atomic E-state index is 13.1. The Balaban J connectivity index is 2.12. The summed E-state index contributed by atoms with van der Waals surface area (Å²) in [5.74, 6) is -1.84. The lowest BCUT2D eigenvalue weighted by Gasteiger charge is -2.37. The molecule has 1 aliphatic rings. The lowest BCUT2D eigenvalue weighted by Crippen LogP contribution is -2.47. The third-order valence-corrected chi connectivity index (χ3v) is 3.56. The lowest BCUT2D eigenvalue weighted by atomic mass is 9.76. The monoisotopic (exact) mass is 241 g/mol. The molecule has 94 valence electrons. The number of nitrogens with two attached hydrogens (primary N) is 1. The summed E-state index contributed by atoms with van der Waals surface area (Å²) in [6, 6.07) is 3.61. The van der Waals surface area contributed by atoms with E-state index in [1.165, 1.54) is 0 Å². The van der Waals surface area contributed by atoms with Gasteiger partial charge in [-0.05, 0) is 43.5 Å². The van der Waals surface area contributed by atoms with Crippen LogP contribution >= 0.6 is 0 Å². The Kier molecular flexibility index (Phi) is 3.08. The lowest BCUT2D eigenvalue weighted by molar-refractivity contribution is -0.0460. The summed E-state index contributed by atoms with van der Waals surface area (Å²) in [4.78, 5) is 0. The normalized spacial score (nSPS) is 23.6. The average Bonchev–Trinajstić information content (AvgIpc) is 2.75. The predicted molar refractivity (Wildman–Crippen MR) is 62.7 cm³/mol. The van der Waals surface area contributed by atoms with Crippen LogP contribution in [0.5, 0.6) is 0 Å². The summed E-state index contributed by atoms with van der Waals surface area (Å²) in [7, 11) is 0. The molecular weight excluding hydrogens is 224 g/mol. The van der Waals surface area contributed by atoms with E-state index in [1.54, 1.807) is 12.3 Å². The van der Waals surface area contributed by atoms with Crippen LogP contribution in [0.2, 0.25) is 0 Å². The first-order valence-corrected chi connectivity index (χ1v) is 5.80. The first-order chi connectivity index (χ1) is 7.91. The van der Waals surface area contributed by atoms with E-state index in [0.29, 0.717) is 18.6 Å². The van der Waals surface area contributed by atoms with Crippen molar-refractivity contribution in [1.29, 1.82) is 0 Å². The molecule has 0 spiro atoms. The second kappa shape index (κ2) is 4.26. The molecule has 0 radical (unpaired) electrons. The fourth-order valence-corrected chi connectivity index (χ4v) is 2.19. The zero-order valence-corrected chi connectivity index (χ0v) is 9.88. The Hall–Kier alpha value is -1.16. The quantitative estimate of drug-likeness (QED) is 0.859. The highest BCUT2D eigenvalue weighted by molar-refractivity contribution is 5.50. The minimum absolute atomic E-state index is 0.132. The molecule has 2 N–H and O–H groups in total. The van der Waals surface area contributed by atoms with Crippen molar-refractivity contribution in [1.82, 2.24) is 0 Å². The van der Waals surface area contributed by atoms with Crippen LogP contribution in [0, 0.1) is 0 Å². The minimum Gasteiger partial charge on any atom is -0.465 e. The summed E-state index contributed by atoms with van der Waals surface area (Å²) in [5, 5.41) is 0. The molecule has 1 fully saturated rings. The number of alkyl halides is 2. The number of hydrogen-bond donors (Lipinski definition) is 1. The highest BCUT2D eigenvalue weighted by atomic mass is 19.3. The fraction of sp³-hybridized carbons (Fsp3) is 0.538. The van der Waals surface area contributed by atoms with Crippen molar-refractivity contribution in [2.24, 2.45) is 5.73 Å². The van der Waals surface area contributed by atoms with Gasteiger partial charge in [0.05, 0.1) is 6.26 Å². The molecule has 0 aliphatic heterocycles. The van der Waals surface area contributed by atoms with Crippen molar-refractivity contribution >= 4 is 6.08 Å². The van der Waals surface area contributed by atoms with Gasteiger partial charge in [-0.2, -0.15) is 0 Å².